The fraction of sp³-hybridized carbons (Fsp3) is 1.00. The van der Waals surface area contributed by atoms with Gasteiger partial charge in [-0.1, -0.05) is 13.8 Å². The topological polar surface area (TPSA) is 35.5 Å². The number of rotatable bonds is 6. The molecule has 1 rings (SSSR count). The van der Waals surface area contributed by atoms with E-state index in [4.69, 9.17) is 0 Å². The Bertz CT molecular complexity index is 188. The third-order valence-electron chi connectivity index (χ3n) is 3.13. The van der Waals surface area contributed by atoms with Crippen LogP contribution in [0, 0.1) is 11.3 Å². The summed E-state index contributed by atoms with van der Waals surface area (Å²) in [4.78, 5) is 2.40. The quantitative estimate of drug-likeness (QED) is 0.690. The first kappa shape index (κ1) is 12.9. The number of hydrogen-bond acceptors (Lipinski definition) is 3. The van der Waals surface area contributed by atoms with Crippen LogP contribution in [0.25, 0.3) is 0 Å². The fourth-order valence-electron chi connectivity index (χ4n) is 2.62. The van der Waals surface area contributed by atoms with Gasteiger partial charge in [0.05, 0.1) is 6.10 Å². The van der Waals surface area contributed by atoms with Crippen molar-refractivity contribution in [2.24, 2.45) is 11.3 Å². The third-order valence-corrected chi connectivity index (χ3v) is 3.13. The van der Waals surface area contributed by atoms with Gasteiger partial charge in [0.2, 0.25) is 0 Å². The molecule has 0 heterocycles. The summed E-state index contributed by atoms with van der Waals surface area (Å²) in [6.07, 6.45) is 1.97. The van der Waals surface area contributed by atoms with Crippen LogP contribution in [0.3, 0.4) is 0 Å². The summed E-state index contributed by atoms with van der Waals surface area (Å²) in [7, 11) is 4.19. The van der Waals surface area contributed by atoms with Crippen LogP contribution in [-0.2, 0) is 0 Å². The molecule has 3 nitrogen and oxygen atoms in total. The van der Waals surface area contributed by atoms with Crippen LogP contribution >= 0.6 is 0 Å². The molecule has 15 heavy (non-hydrogen) atoms. The summed E-state index contributed by atoms with van der Waals surface area (Å²) in [6, 6.07) is 0. The molecule has 1 fully saturated rings. The molecule has 0 aromatic carbocycles. The largest absolute Gasteiger partial charge is 0.393 e. The van der Waals surface area contributed by atoms with Crippen molar-refractivity contribution >= 4 is 0 Å². The standard InChI is InChI=1S/C12H26N2O/c1-12(2,8-13-3)9-14(4)7-10-5-11(15)6-10/h10-11,13,15H,5-9H2,1-4H3. The summed E-state index contributed by atoms with van der Waals surface area (Å²) in [5, 5.41) is 12.5. The van der Waals surface area contributed by atoms with Crippen molar-refractivity contribution in [2.75, 3.05) is 33.7 Å². The molecule has 2 N–H and O–H groups in total. The van der Waals surface area contributed by atoms with Gasteiger partial charge in [-0.2, -0.15) is 0 Å². The van der Waals surface area contributed by atoms with Crippen molar-refractivity contribution in [2.45, 2.75) is 32.8 Å². The second kappa shape index (κ2) is 5.28. The van der Waals surface area contributed by atoms with Crippen molar-refractivity contribution < 1.29 is 5.11 Å². The Morgan fingerprint density at radius 1 is 1.40 bits per heavy atom. The Hall–Kier alpha value is -0.120. The average molecular weight is 214 g/mol. The number of hydrogen-bond donors (Lipinski definition) is 2. The van der Waals surface area contributed by atoms with Gasteiger partial charge in [0, 0.05) is 19.6 Å². The Kier molecular flexibility index (Phi) is 4.56. The van der Waals surface area contributed by atoms with Crippen LogP contribution < -0.4 is 5.32 Å². The van der Waals surface area contributed by atoms with Crippen molar-refractivity contribution in [3.63, 3.8) is 0 Å². The molecule has 1 aliphatic rings. The van der Waals surface area contributed by atoms with Gasteiger partial charge in [-0.05, 0) is 38.3 Å². The van der Waals surface area contributed by atoms with Crippen molar-refractivity contribution in [1.29, 1.82) is 0 Å². The van der Waals surface area contributed by atoms with E-state index in [1.54, 1.807) is 0 Å². The second-order valence-corrected chi connectivity index (χ2v) is 5.88. The van der Waals surface area contributed by atoms with Crippen LogP contribution in [-0.4, -0.2) is 49.8 Å². The number of nitrogens with one attached hydrogen (secondary N) is 1. The van der Waals surface area contributed by atoms with Crippen molar-refractivity contribution in [1.82, 2.24) is 10.2 Å². The van der Waals surface area contributed by atoms with Crippen molar-refractivity contribution in [3.8, 4) is 0 Å². The molecule has 0 radical (unpaired) electrons. The van der Waals surface area contributed by atoms with Gasteiger partial charge in [0.15, 0.2) is 0 Å². The summed E-state index contributed by atoms with van der Waals surface area (Å²) in [6.45, 7) is 7.86. The first-order valence-corrected chi connectivity index (χ1v) is 5.94. The highest BCUT2D eigenvalue weighted by atomic mass is 16.3. The highest BCUT2D eigenvalue weighted by molar-refractivity contribution is 4.82. The number of aliphatic hydroxyl groups is 1. The maximum atomic E-state index is 9.22. The zero-order valence-electron chi connectivity index (χ0n) is 10.6. The Balaban J connectivity index is 2.20. The average Bonchev–Trinajstić information content (AvgIpc) is 1.99. The van der Waals surface area contributed by atoms with E-state index in [0.717, 1.165) is 38.4 Å². The Labute approximate surface area is 93.9 Å². The fourth-order valence-corrected chi connectivity index (χ4v) is 2.62. The van der Waals surface area contributed by atoms with E-state index < -0.39 is 0 Å². The summed E-state index contributed by atoms with van der Waals surface area (Å²) < 4.78 is 0. The van der Waals surface area contributed by atoms with E-state index in [-0.39, 0.29) is 6.10 Å². The molecule has 0 atom stereocenters. The molecule has 1 aliphatic carbocycles. The van der Waals surface area contributed by atoms with Gasteiger partial charge in [-0.15, -0.1) is 0 Å². The van der Waals surface area contributed by atoms with Gasteiger partial charge in [0.1, 0.15) is 0 Å². The zero-order valence-corrected chi connectivity index (χ0v) is 10.6. The van der Waals surface area contributed by atoms with E-state index in [1.165, 1.54) is 0 Å². The maximum absolute atomic E-state index is 9.22. The second-order valence-electron chi connectivity index (χ2n) is 5.88. The van der Waals surface area contributed by atoms with Crippen LogP contribution in [0.2, 0.25) is 0 Å². The van der Waals surface area contributed by atoms with E-state index in [9.17, 15) is 5.11 Å². The highest BCUT2D eigenvalue weighted by Gasteiger charge is 2.29. The molecule has 3 heteroatoms. The zero-order chi connectivity index (χ0) is 11.5. The predicted molar refractivity (Wildman–Crippen MR) is 63.9 cm³/mol. The highest BCUT2D eigenvalue weighted by Crippen LogP contribution is 2.28. The molecule has 0 spiro atoms. The minimum absolute atomic E-state index is 0.0197. The van der Waals surface area contributed by atoms with Crippen LogP contribution in [0.4, 0.5) is 0 Å². The molecule has 0 saturated heterocycles. The van der Waals surface area contributed by atoms with Gasteiger partial charge in [0.25, 0.3) is 0 Å². The first-order chi connectivity index (χ1) is 6.93. The molecule has 90 valence electrons. The lowest BCUT2D eigenvalue weighted by molar-refractivity contribution is 0.0236. The minimum Gasteiger partial charge on any atom is -0.393 e. The van der Waals surface area contributed by atoms with Crippen LogP contribution in [0.1, 0.15) is 26.7 Å². The summed E-state index contributed by atoms with van der Waals surface area (Å²) in [5.41, 5.74) is 0.325. The van der Waals surface area contributed by atoms with Crippen LogP contribution in [0.15, 0.2) is 0 Å². The van der Waals surface area contributed by atoms with E-state index in [2.05, 4.69) is 31.1 Å². The SMILES string of the molecule is CNCC(C)(C)CN(C)CC1CC(O)C1. The predicted octanol–water partition coefficient (Wildman–Crippen LogP) is 0.935. The van der Waals surface area contributed by atoms with E-state index in [1.807, 2.05) is 7.05 Å². The molecule has 0 bridgehead atoms. The lowest BCUT2D eigenvalue weighted by Gasteiger charge is -2.37. The normalized spacial score (nSPS) is 26.8. The van der Waals surface area contributed by atoms with Gasteiger partial charge in [-0.3, -0.25) is 0 Å². The summed E-state index contributed by atoms with van der Waals surface area (Å²) in [5.74, 6) is 0.718. The first-order valence-electron chi connectivity index (χ1n) is 5.94. The molecule has 0 aliphatic heterocycles. The molecule has 0 aromatic heterocycles. The Morgan fingerprint density at radius 2 is 2.00 bits per heavy atom. The van der Waals surface area contributed by atoms with Gasteiger partial charge < -0.3 is 15.3 Å². The minimum atomic E-state index is -0.0197. The molecular formula is C12H26N2O. The number of aliphatic hydroxyl groups excluding tert-OH is 1. The monoisotopic (exact) mass is 214 g/mol. The van der Waals surface area contributed by atoms with Gasteiger partial charge >= 0.3 is 0 Å². The molecule has 1 saturated carbocycles. The van der Waals surface area contributed by atoms with E-state index in [0.29, 0.717) is 5.41 Å². The molecule has 0 unspecified atom stereocenters. The molecular weight excluding hydrogens is 188 g/mol. The maximum Gasteiger partial charge on any atom is 0.0546 e. The number of nitrogens with zero attached hydrogens (tertiary/aromatic N) is 1. The lowest BCUT2D eigenvalue weighted by Crippen LogP contribution is -2.42. The third kappa shape index (κ3) is 4.49. The Morgan fingerprint density at radius 3 is 2.47 bits per heavy atom. The van der Waals surface area contributed by atoms with Crippen LogP contribution in [0.5, 0.6) is 0 Å². The van der Waals surface area contributed by atoms with Gasteiger partial charge in [-0.25, -0.2) is 0 Å². The molecule has 0 aromatic rings. The van der Waals surface area contributed by atoms with E-state index >= 15 is 0 Å². The summed E-state index contributed by atoms with van der Waals surface area (Å²) >= 11 is 0. The van der Waals surface area contributed by atoms with Crippen molar-refractivity contribution in [3.05, 3.63) is 0 Å². The smallest absolute Gasteiger partial charge is 0.0546 e. The molecule has 0 amide bonds. The lowest BCUT2D eigenvalue weighted by atomic mass is 9.82.